The number of hydrogen-bond donors (Lipinski definition) is 1. The molecule has 0 bridgehead atoms. The molecule has 1 amide bonds. The largest absolute Gasteiger partial charge is 0.408 e. The summed E-state index contributed by atoms with van der Waals surface area (Å²) in [7, 11) is 0. The lowest BCUT2D eigenvalue weighted by Crippen LogP contribution is -2.51. The number of nitrogens with two attached hydrogens (primary N) is 1. The van der Waals surface area contributed by atoms with E-state index in [4.69, 9.17) is 11.0 Å². The molecule has 31 heavy (non-hydrogen) atoms. The molecule has 0 saturated carbocycles. The molecule has 2 rings (SSSR count). The van der Waals surface area contributed by atoms with Crippen molar-refractivity contribution in [2.75, 3.05) is 6.54 Å². The van der Waals surface area contributed by atoms with Crippen LogP contribution in [-0.2, 0) is 4.79 Å². The molecule has 2 aromatic rings. The van der Waals surface area contributed by atoms with Crippen molar-refractivity contribution >= 4 is 12.2 Å². The molecule has 0 radical (unpaired) electrons. The van der Waals surface area contributed by atoms with Crippen molar-refractivity contribution in [3.05, 3.63) is 59.7 Å². The first kappa shape index (κ1) is 24.1. The second-order valence-electron chi connectivity index (χ2n) is 7.69. The number of benzene rings is 2. The standard InChI is InChI=1S/C23H24F3N3O2/c1-15(2)12-20(22(28)31)29(11-10-27)21(23(24,25)26)18-8-6-17(7-9-18)19-5-3-4-16(13-19)14-30/h3-9,13-15,20-21H,11-12H2,1-2H3,(H2,28,31)/t20-,21-/m0/s1. The Labute approximate surface area is 179 Å². The van der Waals surface area contributed by atoms with E-state index in [9.17, 15) is 22.8 Å². The van der Waals surface area contributed by atoms with Gasteiger partial charge in [-0.15, -0.1) is 0 Å². The topological polar surface area (TPSA) is 87.2 Å². The van der Waals surface area contributed by atoms with E-state index in [0.717, 1.165) is 4.90 Å². The van der Waals surface area contributed by atoms with E-state index in [2.05, 4.69) is 0 Å². The van der Waals surface area contributed by atoms with Crippen LogP contribution in [0.5, 0.6) is 0 Å². The molecule has 5 nitrogen and oxygen atoms in total. The van der Waals surface area contributed by atoms with E-state index >= 15 is 0 Å². The first-order valence-electron chi connectivity index (χ1n) is 9.72. The van der Waals surface area contributed by atoms with Crippen molar-refractivity contribution in [2.45, 2.75) is 38.5 Å². The van der Waals surface area contributed by atoms with Crippen molar-refractivity contribution in [3.63, 3.8) is 0 Å². The summed E-state index contributed by atoms with van der Waals surface area (Å²) in [6.07, 6.45) is -3.95. The second kappa shape index (κ2) is 10.2. The van der Waals surface area contributed by atoms with Crippen LogP contribution in [0.3, 0.4) is 0 Å². The number of nitrogens with zero attached hydrogens (tertiary/aromatic N) is 2. The van der Waals surface area contributed by atoms with Gasteiger partial charge in [0.25, 0.3) is 0 Å². The zero-order chi connectivity index (χ0) is 23.2. The Morgan fingerprint density at radius 3 is 2.29 bits per heavy atom. The maximum atomic E-state index is 14.1. The zero-order valence-electron chi connectivity index (χ0n) is 17.3. The highest BCUT2D eigenvalue weighted by Gasteiger charge is 2.47. The van der Waals surface area contributed by atoms with Crippen LogP contribution in [0.2, 0.25) is 0 Å². The van der Waals surface area contributed by atoms with Gasteiger partial charge in [0.1, 0.15) is 12.3 Å². The minimum atomic E-state index is -4.74. The Morgan fingerprint density at radius 1 is 1.16 bits per heavy atom. The van der Waals surface area contributed by atoms with E-state index in [-0.39, 0.29) is 17.9 Å². The van der Waals surface area contributed by atoms with Crippen LogP contribution in [0.1, 0.15) is 42.2 Å². The minimum Gasteiger partial charge on any atom is -0.368 e. The molecular formula is C23H24F3N3O2. The molecule has 0 aliphatic carbocycles. The molecule has 8 heteroatoms. The summed E-state index contributed by atoms with van der Waals surface area (Å²) in [6.45, 7) is 2.93. The van der Waals surface area contributed by atoms with Crippen LogP contribution in [0.15, 0.2) is 48.5 Å². The number of alkyl halides is 3. The number of rotatable bonds is 9. The lowest BCUT2D eigenvalue weighted by atomic mass is 9.95. The maximum absolute atomic E-state index is 14.1. The zero-order valence-corrected chi connectivity index (χ0v) is 17.3. The number of carbonyl (C=O) groups is 2. The molecule has 0 fully saturated rings. The predicted octanol–water partition coefficient (Wildman–Crippen LogP) is 4.50. The molecule has 0 spiro atoms. The van der Waals surface area contributed by atoms with Gasteiger partial charge in [-0.2, -0.15) is 18.4 Å². The van der Waals surface area contributed by atoms with Crippen molar-refractivity contribution < 1.29 is 22.8 Å². The minimum absolute atomic E-state index is 0.0972. The van der Waals surface area contributed by atoms with Crippen LogP contribution < -0.4 is 5.73 Å². The summed E-state index contributed by atoms with van der Waals surface area (Å²) in [6, 6.07) is 10.7. The van der Waals surface area contributed by atoms with Gasteiger partial charge in [-0.25, -0.2) is 0 Å². The third-order valence-electron chi connectivity index (χ3n) is 4.90. The molecule has 2 atom stereocenters. The highest BCUT2D eigenvalue weighted by atomic mass is 19.4. The van der Waals surface area contributed by atoms with Crippen LogP contribution >= 0.6 is 0 Å². The van der Waals surface area contributed by atoms with Gasteiger partial charge in [-0.05, 0) is 35.1 Å². The average molecular weight is 431 g/mol. The van der Waals surface area contributed by atoms with E-state index in [0.29, 0.717) is 23.0 Å². The number of nitriles is 1. The fraction of sp³-hybridized carbons (Fsp3) is 0.348. The summed E-state index contributed by atoms with van der Waals surface area (Å²) < 4.78 is 42.4. The first-order valence-corrected chi connectivity index (χ1v) is 9.72. The fourth-order valence-electron chi connectivity index (χ4n) is 3.54. The van der Waals surface area contributed by atoms with Crippen LogP contribution in [0.4, 0.5) is 13.2 Å². The smallest absolute Gasteiger partial charge is 0.368 e. The molecule has 0 aliphatic heterocycles. The normalized spacial score (nSPS) is 13.6. The number of halogens is 3. The van der Waals surface area contributed by atoms with Gasteiger partial charge >= 0.3 is 6.18 Å². The van der Waals surface area contributed by atoms with Gasteiger partial charge in [-0.3, -0.25) is 14.5 Å². The lowest BCUT2D eigenvalue weighted by Gasteiger charge is -2.37. The van der Waals surface area contributed by atoms with E-state index in [1.807, 2.05) is 0 Å². The Bertz CT molecular complexity index is 950. The number of amides is 1. The highest BCUT2D eigenvalue weighted by Crippen LogP contribution is 2.40. The van der Waals surface area contributed by atoms with Gasteiger partial charge < -0.3 is 5.73 Å². The third-order valence-corrected chi connectivity index (χ3v) is 4.90. The summed E-state index contributed by atoms with van der Waals surface area (Å²) >= 11 is 0. The van der Waals surface area contributed by atoms with Crippen LogP contribution in [-0.4, -0.2) is 35.9 Å². The third kappa shape index (κ3) is 6.15. The first-order chi connectivity index (χ1) is 14.6. The van der Waals surface area contributed by atoms with Crippen molar-refractivity contribution in [1.82, 2.24) is 4.90 Å². The summed E-state index contributed by atoms with van der Waals surface area (Å²) in [5, 5.41) is 9.17. The van der Waals surface area contributed by atoms with E-state index in [1.54, 1.807) is 44.2 Å². The van der Waals surface area contributed by atoms with Crippen molar-refractivity contribution in [3.8, 4) is 17.2 Å². The van der Waals surface area contributed by atoms with Crippen molar-refractivity contribution in [2.24, 2.45) is 11.7 Å². The van der Waals surface area contributed by atoms with E-state index in [1.165, 1.54) is 24.3 Å². The summed E-state index contributed by atoms with van der Waals surface area (Å²) in [5.74, 6) is -0.999. The number of carbonyl (C=O) groups excluding carboxylic acids is 2. The lowest BCUT2D eigenvalue weighted by molar-refractivity contribution is -0.192. The molecular weight excluding hydrogens is 407 g/mol. The van der Waals surface area contributed by atoms with Gasteiger partial charge in [0.15, 0.2) is 0 Å². The van der Waals surface area contributed by atoms with Crippen LogP contribution in [0, 0.1) is 17.2 Å². The average Bonchev–Trinajstić information content (AvgIpc) is 2.71. The number of hydrogen-bond acceptors (Lipinski definition) is 4. The monoisotopic (exact) mass is 431 g/mol. The van der Waals surface area contributed by atoms with Crippen LogP contribution in [0.25, 0.3) is 11.1 Å². The fourth-order valence-corrected chi connectivity index (χ4v) is 3.54. The summed E-state index contributed by atoms with van der Waals surface area (Å²) in [5.41, 5.74) is 7.08. The van der Waals surface area contributed by atoms with Gasteiger partial charge in [0.2, 0.25) is 5.91 Å². The Morgan fingerprint density at radius 2 is 1.81 bits per heavy atom. The predicted molar refractivity (Wildman–Crippen MR) is 111 cm³/mol. The number of primary amides is 1. The van der Waals surface area contributed by atoms with E-state index < -0.39 is 30.7 Å². The Kier molecular flexibility index (Phi) is 7.95. The Hall–Kier alpha value is -3.18. The molecule has 2 N–H and O–H groups in total. The molecule has 2 aromatic carbocycles. The maximum Gasteiger partial charge on any atom is 0.408 e. The summed E-state index contributed by atoms with van der Waals surface area (Å²) in [4.78, 5) is 23.8. The quantitative estimate of drug-likeness (QED) is 0.468. The molecule has 0 aromatic heterocycles. The van der Waals surface area contributed by atoms with Gasteiger partial charge in [0, 0.05) is 5.56 Å². The molecule has 0 aliphatic rings. The van der Waals surface area contributed by atoms with Gasteiger partial charge in [0.05, 0.1) is 18.7 Å². The Balaban J connectivity index is 2.50. The number of aldehydes is 1. The van der Waals surface area contributed by atoms with Gasteiger partial charge in [-0.1, -0.05) is 56.3 Å². The molecule has 0 heterocycles. The highest BCUT2D eigenvalue weighted by molar-refractivity contribution is 5.80. The second-order valence-corrected chi connectivity index (χ2v) is 7.69. The molecule has 164 valence electrons. The SMILES string of the molecule is CC(C)C[C@@H](C(N)=O)N(CC#N)[C@@H](c1ccc(-c2cccc(C=O)c2)cc1)C(F)(F)F. The van der Waals surface area contributed by atoms with Crippen molar-refractivity contribution in [1.29, 1.82) is 5.26 Å². The molecule has 0 saturated heterocycles. The molecule has 0 unspecified atom stereocenters.